The van der Waals surface area contributed by atoms with Crippen LogP contribution in [0.15, 0.2) is 12.4 Å². The third-order valence-corrected chi connectivity index (χ3v) is 4.61. The minimum absolute atomic E-state index is 0.0338. The molecule has 0 unspecified atom stereocenters. The van der Waals surface area contributed by atoms with Crippen molar-refractivity contribution in [1.29, 1.82) is 0 Å². The van der Waals surface area contributed by atoms with Gasteiger partial charge in [-0.25, -0.2) is 9.97 Å². The second kappa shape index (κ2) is 7.04. The van der Waals surface area contributed by atoms with E-state index in [0.29, 0.717) is 37.3 Å². The summed E-state index contributed by atoms with van der Waals surface area (Å²) in [7, 11) is 2.11. The van der Waals surface area contributed by atoms with E-state index < -0.39 is 0 Å². The molecule has 2 fully saturated rings. The van der Waals surface area contributed by atoms with E-state index in [2.05, 4.69) is 32.1 Å². The van der Waals surface area contributed by atoms with E-state index in [4.69, 9.17) is 0 Å². The van der Waals surface area contributed by atoms with Gasteiger partial charge in [0.25, 0.3) is 0 Å². The Bertz CT molecular complexity index is 556. The molecule has 23 heavy (non-hydrogen) atoms. The topological polar surface area (TPSA) is 78.4 Å². The summed E-state index contributed by atoms with van der Waals surface area (Å²) < 4.78 is 0. The number of carbonyl (C=O) groups is 2. The molecule has 0 radical (unpaired) electrons. The molecule has 1 aromatic rings. The summed E-state index contributed by atoms with van der Waals surface area (Å²) in [5.41, 5.74) is 0.616. The zero-order chi connectivity index (χ0) is 16.2. The standard InChI is InChI=1S/C16H23N5O2/c1-20-6-8-21(9-7-20)16-17-10-13(11-18-16)19-15(23)12-2-4-14(22)5-3-12/h10-12H,2-9H2,1H3,(H,19,23). The minimum atomic E-state index is -0.0787. The fraction of sp³-hybridized carbons (Fsp3) is 0.625. The molecular formula is C16H23N5O2. The van der Waals surface area contributed by atoms with E-state index in [-0.39, 0.29) is 17.6 Å². The highest BCUT2D eigenvalue weighted by atomic mass is 16.2. The first-order valence-corrected chi connectivity index (χ1v) is 8.20. The number of anilines is 2. The number of aromatic nitrogens is 2. The number of amides is 1. The molecule has 1 saturated heterocycles. The van der Waals surface area contributed by atoms with Crippen molar-refractivity contribution >= 4 is 23.3 Å². The number of ketones is 1. The maximum atomic E-state index is 12.2. The van der Waals surface area contributed by atoms with Gasteiger partial charge in [-0.3, -0.25) is 9.59 Å². The third kappa shape index (κ3) is 4.04. The van der Waals surface area contributed by atoms with Crippen LogP contribution in [0.3, 0.4) is 0 Å². The summed E-state index contributed by atoms with van der Waals surface area (Å²) in [5, 5.41) is 2.86. The van der Waals surface area contributed by atoms with Crippen molar-refractivity contribution in [2.24, 2.45) is 5.92 Å². The van der Waals surface area contributed by atoms with Crippen LogP contribution in [0, 0.1) is 5.92 Å². The molecular weight excluding hydrogens is 294 g/mol. The van der Waals surface area contributed by atoms with Crippen LogP contribution in [0.2, 0.25) is 0 Å². The second-order valence-corrected chi connectivity index (χ2v) is 6.36. The van der Waals surface area contributed by atoms with Crippen LogP contribution in [0.5, 0.6) is 0 Å². The first-order valence-electron chi connectivity index (χ1n) is 8.20. The average Bonchev–Trinajstić information content (AvgIpc) is 2.57. The summed E-state index contributed by atoms with van der Waals surface area (Å²) in [4.78, 5) is 36.6. The average molecular weight is 317 g/mol. The maximum absolute atomic E-state index is 12.2. The van der Waals surface area contributed by atoms with Crippen molar-refractivity contribution in [3.63, 3.8) is 0 Å². The van der Waals surface area contributed by atoms with Crippen LogP contribution in [0.1, 0.15) is 25.7 Å². The Kier molecular flexibility index (Phi) is 4.85. The molecule has 0 bridgehead atoms. The van der Waals surface area contributed by atoms with Crippen LogP contribution in [0.25, 0.3) is 0 Å². The van der Waals surface area contributed by atoms with Crippen molar-refractivity contribution in [1.82, 2.24) is 14.9 Å². The van der Waals surface area contributed by atoms with Crippen LogP contribution in [0.4, 0.5) is 11.6 Å². The maximum Gasteiger partial charge on any atom is 0.227 e. The SMILES string of the molecule is CN1CCN(c2ncc(NC(=O)C3CCC(=O)CC3)cn2)CC1. The lowest BCUT2D eigenvalue weighted by molar-refractivity contribution is -0.125. The van der Waals surface area contributed by atoms with E-state index in [1.165, 1.54) is 0 Å². The van der Waals surface area contributed by atoms with E-state index in [1.807, 2.05) is 0 Å². The zero-order valence-electron chi connectivity index (χ0n) is 13.5. The highest BCUT2D eigenvalue weighted by molar-refractivity contribution is 5.93. The molecule has 1 saturated carbocycles. The molecule has 7 heteroatoms. The van der Waals surface area contributed by atoms with Gasteiger partial charge in [0.05, 0.1) is 18.1 Å². The van der Waals surface area contributed by atoms with Crippen molar-refractivity contribution in [2.45, 2.75) is 25.7 Å². The molecule has 2 heterocycles. The molecule has 3 rings (SSSR count). The third-order valence-electron chi connectivity index (χ3n) is 4.61. The molecule has 124 valence electrons. The number of nitrogens with one attached hydrogen (secondary N) is 1. The van der Waals surface area contributed by atoms with Crippen molar-refractivity contribution in [3.8, 4) is 0 Å². The van der Waals surface area contributed by atoms with E-state index >= 15 is 0 Å². The largest absolute Gasteiger partial charge is 0.338 e. The first-order chi connectivity index (χ1) is 11.1. The van der Waals surface area contributed by atoms with Crippen molar-refractivity contribution in [3.05, 3.63) is 12.4 Å². The molecule has 1 aliphatic heterocycles. The number of nitrogens with zero attached hydrogens (tertiary/aromatic N) is 4. The molecule has 0 spiro atoms. The quantitative estimate of drug-likeness (QED) is 0.893. The number of Topliss-reactive ketones (excluding diaryl/α,β-unsaturated/α-hetero) is 1. The Balaban J connectivity index is 1.55. The lowest BCUT2D eigenvalue weighted by Gasteiger charge is -2.32. The van der Waals surface area contributed by atoms with Crippen molar-refractivity contribution in [2.75, 3.05) is 43.4 Å². The Hall–Kier alpha value is -2.02. The summed E-state index contributed by atoms with van der Waals surface area (Å²) in [5.74, 6) is 0.853. The number of carbonyl (C=O) groups excluding carboxylic acids is 2. The van der Waals surface area contributed by atoms with E-state index in [0.717, 1.165) is 26.2 Å². The molecule has 0 atom stereocenters. The van der Waals surface area contributed by atoms with Gasteiger partial charge in [0.15, 0.2) is 0 Å². The van der Waals surface area contributed by atoms with Gasteiger partial charge in [0.2, 0.25) is 11.9 Å². The summed E-state index contributed by atoms with van der Waals surface area (Å²) in [6, 6.07) is 0. The van der Waals surface area contributed by atoms with Gasteiger partial charge >= 0.3 is 0 Å². The van der Waals surface area contributed by atoms with Crippen LogP contribution in [-0.2, 0) is 9.59 Å². The van der Waals surface area contributed by atoms with Gasteiger partial charge in [-0.15, -0.1) is 0 Å². The van der Waals surface area contributed by atoms with Gasteiger partial charge in [-0.1, -0.05) is 0 Å². The lowest BCUT2D eigenvalue weighted by Crippen LogP contribution is -2.45. The summed E-state index contributed by atoms with van der Waals surface area (Å²) in [6.07, 6.45) is 5.63. The molecule has 1 N–H and O–H groups in total. The number of likely N-dealkylation sites (N-methyl/N-ethyl adjacent to an activating group) is 1. The van der Waals surface area contributed by atoms with Crippen LogP contribution >= 0.6 is 0 Å². The minimum Gasteiger partial charge on any atom is -0.338 e. The predicted molar refractivity (Wildman–Crippen MR) is 87.3 cm³/mol. The van der Waals surface area contributed by atoms with E-state index in [1.54, 1.807) is 12.4 Å². The Labute approximate surface area is 136 Å². The number of rotatable bonds is 3. The fourth-order valence-electron chi connectivity index (χ4n) is 3.00. The highest BCUT2D eigenvalue weighted by Gasteiger charge is 2.25. The van der Waals surface area contributed by atoms with Gasteiger partial charge in [-0.2, -0.15) is 0 Å². The number of hydrogen-bond donors (Lipinski definition) is 1. The Morgan fingerprint density at radius 1 is 1.13 bits per heavy atom. The molecule has 0 aromatic carbocycles. The lowest BCUT2D eigenvalue weighted by atomic mass is 9.88. The Morgan fingerprint density at radius 3 is 2.35 bits per heavy atom. The van der Waals surface area contributed by atoms with Crippen LogP contribution < -0.4 is 10.2 Å². The monoisotopic (exact) mass is 317 g/mol. The van der Waals surface area contributed by atoms with Gasteiger partial charge in [0, 0.05) is 44.9 Å². The predicted octanol–water partition coefficient (Wildman–Crippen LogP) is 0.926. The normalized spacial score (nSPS) is 20.6. The van der Waals surface area contributed by atoms with Crippen LogP contribution in [-0.4, -0.2) is 59.8 Å². The molecule has 1 amide bonds. The smallest absolute Gasteiger partial charge is 0.227 e. The number of hydrogen-bond acceptors (Lipinski definition) is 6. The summed E-state index contributed by atoms with van der Waals surface area (Å²) >= 11 is 0. The van der Waals surface area contributed by atoms with Gasteiger partial charge < -0.3 is 15.1 Å². The zero-order valence-corrected chi connectivity index (χ0v) is 13.5. The Morgan fingerprint density at radius 2 is 1.74 bits per heavy atom. The highest BCUT2D eigenvalue weighted by Crippen LogP contribution is 2.23. The van der Waals surface area contributed by atoms with E-state index in [9.17, 15) is 9.59 Å². The number of piperazine rings is 1. The second-order valence-electron chi connectivity index (χ2n) is 6.36. The summed E-state index contributed by atoms with van der Waals surface area (Å²) in [6.45, 7) is 3.83. The van der Waals surface area contributed by atoms with Gasteiger partial charge in [0.1, 0.15) is 5.78 Å². The first kappa shape index (κ1) is 15.9. The molecule has 1 aliphatic carbocycles. The molecule has 2 aliphatic rings. The van der Waals surface area contributed by atoms with Crippen molar-refractivity contribution < 1.29 is 9.59 Å². The molecule has 1 aromatic heterocycles. The van der Waals surface area contributed by atoms with Gasteiger partial charge in [-0.05, 0) is 19.9 Å². The fourth-order valence-corrected chi connectivity index (χ4v) is 3.00. The molecule has 7 nitrogen and oxygen atoms in total.